The van der Waals surface area contributed by atoms with Crippen LogP contribution in [-0.2, 0) is 13.1 Å². The number of carbonyl (C=O) groups excluding carboxylic acids is 1. The molecule has 1 unspecified atom stereocenters. The summed E-state index contributed by atoms with van der Waals surface area (Å²) < 4.78 is 1.78. The van der Waals surface area contributed by atoms with Crippen LogP contribution in [0.25, 0.3) is 0 Å². The highest BCUT2D eigenvalue weighted by Crippen LogP contribution is 2.35. The molecule has 2 aliphatic heterocycles. The third-order valence-corrected chi connectivity index (χ3v) is 6.10. The number of fused-ring (bicyclic) bond motifs is 1. The Labute approximate surface area is 187 Å². The van der Waals surface area contributed by atoms with Crippen molar-refractivity contribution in [1.29, 1.82) is 0 Å². The van der Waals surface area contributed by atoms with E-state index in [1.54, 1.807) is 16.9 Å². The number of anilines is 2. The number of hydrogen-bond donors (Lipinski definition) is 2. The van der Waals surface area contributed by atoms with E-state index in [1.165, 1.54) is 0 Å². The van der Waals surface area contributed by atoms with E-state index in [1.807, 2.05) is 48.4 Å². The lowest BCUT2D eigenvalue weighted by atomic mass is 9.85. The van der Waals surface area contributed by atoms with E-state index in [9.17, 15) is 4.79 Å². The number of benzene rings is 1. The molecule has 8 heteroatoms. The maximum absolute atomic E-state index is 13.2. The van der Waals surface area contributed by atoms with Gasteiger partial charge < -0.3 is 15.5 Å². The zero-order valence-electron chi connectivity index (χ0n) is 18.2. The average molecular weight is 430 g/mol. The van der Waals surface area contributed by atoms with Crippen molar-refractivity contribution in [3.05, 3.63) is 72.2 Å². The first kappa shape index (κ1) is 20.2. The van der Waals surface area contributed by atoms with Gasteiger partial charge in [-0.25, -0.2) is 4.98 Å². The minimum Gasteiger partial charge on any atom is -0.368 e. The number of likely N-dealkylation sites (tertiary alicyclic amines) is 1. The molecule has 2 aliphatic rings. The first-order valence-electron chi connectivity index (χ1n) is 11.1. The van der Waals surface area contributed by atoms with Crippen LogP contribution in [0.5, 0.6) is 0 Å². The monoisotopic (exact) mass is 429 g/mol. The van der Waals surface area contributed by atoms with E-state index in [4.69, 9.17) is 4.99 Å². The predicted molar refractivity (Wildman–Crippen MR) is 125 cm³/mol. The number of aliphatic imine (C=N–C) groups is 1. The topological polar surface area (TPSA) is 87.4 Å². The molecule has 0 saturated carbocycles. The highest BCUT2D eigenvalue weighted by atomic mass is 16.2. The van der Waals surface area contributed by atoms with Gasteiger partial charge >= 0.3 is 0 Å². The molecule has 3 aromatic rings. The molecule has 4 heterocycles. The van der Waals surface area contributed by atoms with Crippen molar-refractivity contribution in [3.63, 3.8) is 0 Å². The van der Waals surface area contributed by atoms with Crippen LogP contribution in [0, 0.1) is 0 Å². The SMILES string of the molecule is CCn1ccc(C(=O)N2CCCC3(C2)Nc2cccnc2NC3=NCc2ccccc2)n1. The lowest BCUT2D eigenvalue weighted by Crippen LogP contribution is -2.62. The summed E-state index contributed by atoms with van der Waals surface area (Å²) in [5.41, 5.74) is 2.05. The largest absolute Gasteiger partial charge is 0.368 e. The Morgan fingerprint density at radius 3 is 2.88 bits per heavy atom. The van der Waals surface area contributed by atoms with E-state index < -0.39 is 5.54 Å². The average Bonchev–Trinajstić information content (AvgIpc) is 3.32. The summed E-state index contributed by atoms with van der Waals surface area (Å²) in [4.78, 5) is 24.6. The van der Waals surface area contributed by atoms with Gasteiger partial charge in [0.15, 0.2) is 5.82 Å². The van der Waals surface area contributed by atoms with Gasteiger partial charge in [0.25, 0.3) is 5.91 Å². The predicted octanol–water partition coefficient (Wildman–Crippen LogP) is 3.41. The van der Waals surface area contributed by atoms with Crippen molar-refractivity contribution < 1.29 is 4.79 Å². The lowest BCUT2D eigenvalue weighted by Gasteiger charge is -2.46. The summed E-state index contributed by atoms with van der Waals surface area (Å²) in [5, 5.41) is 11.6. The van der Waals surface area contributed by atoms with Crippen molar-refractivity contribution >= 4 is 23.2 Å². The highest BCUT2D eigenvalue weighted by Gasteiger charge is 2.45. The fraction of sp³-hybridized carbons (Fsp3) is 0.333. The number of nitrogens with zero attached hydrogens (tertiary/aromatic N) is 5. The Bertz CT molecular complexity index is 1140. The van der Waals surface area contributed by atoms with E-state index in [0.717, 1.165) is 42.3 Å². The number of pyridine rings is 1. The van der Waals surface area contributed by atoms with Crippen molar-refractivity contribution in [1.82, 2.24) is 19.7 Å². The van der Waals surface area contributed by atoms with Crippen molar-refractivity contribution in [2.45, 2.75) is 38.4 Å². The van der Waals surface area contributed by atoms with Gasteiger partial charge in [0.2, 0.25) is 0 Å². The van der Waals surface area contributed by atoms with Gasteiger partial charge in [-0.3, -0.25) is 14.5 Å². The summed E-state index contributed by atoms with van der Waals surface area (Å²) in [6.45, 7) is 4.52. The maximum Gasteiger partial charge on any atom is 0.274 e. The Morgan fingerprint density at radius 1 is 1.19 bits per heavy atom. The first-order chi connectivity index (χ1) is 15.7. The number of piperidine rings is 1. The normalized spacial score (nSPS) is 21.2. The molecule has 1 atom stereocenters. The third kappa shape index (κ3) is 3.84. The summed E-state index contributed by atoms with van der Waals surface area (Å²) in [5.74, 6) is 1.54. The van der Waals surface area contributed by atoms with Crippen LogP contribution < -0.4 is 10.6 Å². The summed E-state index contributed by atoms with van der Waals surface area (Å²) in [6.07, 6.45) is 5.35. The molecule has 1 saturated heterocycles. The van der Waals surface area contributed by atoms with Gasteiger partial charge in [-0.05, 0) is 43.5 Å². The molecular formula is C24H27N7O. The molecule has 5 rings (SSSR count). The summed E-state index contributed by atoms with van der Waals surface area (Å²) in [6, 6.07) is 15.9. The second-order valence-electron chi connectivity index (χ2n) is 8.27. The molecule has 1 amide bonds. The molecule has 1 aromatic carbocycles. The minimum atomic E-state index is -0.494. The molecule has 0 bridgehead atoms. The number of aromatic nitrogens is 3. The Morgan fingerprint density at radius 2 is 2.06 bits per heavy atom. The first-order valence-corrected chi connectivity index (χ1v) is 11.1. The third-order valence-electron chi connectivity index (χ3n) is 6.10. The molecule has 32 heavy (non-hydrogen) atoms. The number of amides is 1. The van der Waals surface area contributed by atoms with Crippen LogP contribution in [0.15, 0.2) is 65.9 Å². The van der Waals surface area contributed by atoms with Gasteiger partial charge in [0, 0.05) is 25.5 Å². The summed E-state index contributed by atoms with van der Waals surface area (Å²) in [7, 11) is 0. The van der Waals surface area contributed by atoms with Crippen molar-refractivity contribution in [2.75, 3.05) is 23.7 Å². The van der Waals surface area contributed by atoms with Crippen molar-refractivity contribution in [3.8, 4) is 0 Å². The zero-order valence-corrected chi connectivity index (χ0v) is 18.2. The smallest absolute Gasteiger partial charge is 0.274 e. The lowest BCUT2D eigenvalue weighted by molar-refractivity contribution is 0.0687. The molecule has 8 nitrogen and oxygen atoms in total. The second-order valence-corrected chi connectivity index (χ2v) is 8.27. The molecule has 2 N–H and O–H groups in total. The van der Waals surface area contributed by atoms with Gasteiger partial charge in [-0.1, -0.05) is 30.3 Å². The fourth-order valence-electron chi connectivity index (χ4n) is 4.44. The number of aryl methyl sites for hydroxylation is 1. The number of amidine groups is 1. The highest BCUT2D eigenvalue weighted by molar-refractivity contribution is 6.09. The van der Waals surface area contributed by atoms with Crippen LogP contribution in [-0.4, -0.2) is 50.0 Å². The van der Waals surface area contributed by atoms with Crippen LogP contribution in [0.3, 0.4) is 0 Å². The van der Waals surface area contributed by atoms with Gasteiger partial charge in [0.1, 0.15) is 17.1 Å². The second kappa shape index (κ2) is 8.45. The zero-order chi connectivity index (χ0) is 22.0. The molecule has 0 aliphatic carbocycles. The maximum atomic E-state index is 13.2. The van der Waals surface area contributed by atoms with Crippen LogP contribution in [0.1, 0.15) is 35.8 Å². The fourth-order valence-corrected chi connectivity index (χ4v) is 4.44. The minimum absolute atomic E-state index is 0.0440. The molecule has 2 aromatic heterocycles. The Kier molecular flexibility index (Phi) is 5.34. The Hall–Kier alpha value is -3.68. The van der Waals surface area contributed by atoms with Crippen LogP contribution >= 0.6 is 0 Å². The summed E-state index contributed by atoms with van der Waals surface area (Å²) >= 11 is 0. The number of carbonyl (C=O) groups is 1. The van der Waals surface area contributed by atoms with E-state index in [2.05, 4.69) is 32.8 Å². The molecule has 1 spiro atoms. The molecule has 164 valence electrons. The van der Waals surface area contributed by atoms with Crippen LogP contribution in [0.4, 0.5) is 11.5 Å². The quantitative estimate of drug-likeness (QED) is 0.664. The number of hydrogen-bond acceptors (Lipinski definition) is 5. The van der Waals surface area contributed by atoms with Crippen LogP contribution in [0.2, 0.25) is 0 Å². The molecular weight excluding hydrogens is 402 g/mol. The van der Waals surface area contributed by atoms with Gasteiger partial charge in [-0.2, -0.15) is 5.10 Å². The number of rotatable bonds is 4. The van der Waals surface area contributed by atoms with Gasteiger partial charge in [0.05, 0.1) is 18.8 Å². The van der Waals surface area contributed by atoms with E-state index in [0.29, 0.717) is 25.3 Å². The Balaban J connectivity index is 1.46. The van der Waals surface area contributed by atoms with E-state index >= 15 is 0 Å². The molecule has 1 fully saturated rings. The molecule has 0 radical (unpaired) electrons. The standard InChI is InChI=1S/C24H27N7O/c1-2-31-15-11-20(29-31)22(32)30-14-7-12-24(17-30)23(26-16-18-8-4-3-5-9-18)27-21-19(28-24)10-6-13-25-21/h3-6,8-11,13,15,28H,2,7,12,14,16-17H2,1H3,(H,25,26,27). The van der Waals surface area contributed by atoms with Gasteiger partial charge in [-0.15, -0.1) is 0 Å². The van der Waals surface area contributed by atoms with Crippen molar-refractivity contribution in [2.24, 2.45) is 4.99 Å². The number of nitrogens with one attached hydrogen (secondary N) is 2. The van der Waals surface area contributed by atoms with E-state index in [-0.39, 0.29) is 5.91 Å².